The molecule has 1 heterocycles. The number of hydrogen-bond donors (Lipinski definition) is 2. The van der Waals surface area contributed by atoms with Gasteiger partial charge in [0.25, 0.3) is 5.91 Å². The number of phenols is 1. The number of amides is 1. The van der Waals surface area contributed by atoms with E-state index in [1.165, 1.54) is 18.3 Å². The summed E-state index contributed by atoms with van der Waals surface area (Å²) in [6.45, 7) is 1.34. The molecule has 0 atom stereocenters. The predicted molar refractivity (Wildman–Crippen MR) is 95.3 cm³/mol. The van der Waals surface area contributed by atoms with Crippen LogP contribution in [0.3, 0.4) is 0 Å². The summed E-state index contributed by atoms with van der Waals surface area (Å²) in [6.07, 6.45) is 1.42. The van der Waals surface area contributed by atoms with Crippen molar-refractivity contribution < 1.29 is 19.4 Å². The largest absolute Gasteiger partial charge is 0.508 e. The van der Waals surface area contributed by atoms with E-state index in [9.17, 15) is 14.7 Å². The van der Waals surface area contributed by atoms with Crippen LogP contribution in [0.1, 0.15) is 16.1 Å². The Morgan fingerprint density at radius 1 is 1.12 bits per heavy atom. The normalized spacial score (nSPS) is 10.3. The Bertz CT molecular complexity index is 918. The van der Waals surface area contributed by atoms with Crippen LogP contribution in [0.5, 0.6) is 5.75 Å². The summed E-state index contributed by atoms with van der Waals surface area (Å²) in [4.78, 5) is 24.1. The van der Waals surface area contributed by atoms with Gasteiger partial charge in [0.2, 0.25) is 0 Å². The molecule has 0 saturated carbocycles. The van der Waals surface area contributed by atoms with Crippen LogP contribution in [0.25, 0.3) is 5.69 Å². The molecule has 0 radical (unpaired) electrons. The van der Waals surface area contributed by atoms with Gasteiger partial charge in [0.15, 0.2) is 6.61 Å². The summed E-state index contributed by atoms with van der Waals surface area (Å²) in [7, 11) is 0. The number of ether oxygens (including phenoxy) is 1. The van der Waals surface area contributed by atoms with E-state index in [0.29, 0.717) is 16.9 Å². The van der Waals surface area contributed by atoms with Crippen molar-refractivity contribution in [2.45, 2.75) is 6.92 Å². The Labute approximate surface area is 149 Å². The first-order valence-electron chi connectivity index (χ1n) is 7.90. The van der Waals surface area contributed by atoms with E-state index in [1.54, 1.807) is 23.7 Å². The van der Waals surface area contributed by atoms with Crippen molar-refractivity contribution in [1.82, 2.24) is 9.78 Å². The average Bonchev–Trinajstić information content (AvgIpc) is 3.04. The standard InChI is InChI=1S/C19H17N3O4/c1-13-17(11-20-22(13)15-5-3-2-4-6-15)19(25)26-12-18(24)21-14-7-9-16(23)10-8-14/h2-11,23H,12H2,1H3,(H,21,24). The topological polar surface area (TPSA) is 93.5 Å². The number of anilines is 1. The zero-order valence-corrected chi connectivity index (χ0v) is 14.0. The van der Waals surface area contributed by atoms with Crippen molar-refractivity contribution in [3.05, 3.63) is 72.1 Å². The van der Waals surface area contributed by atoms with E-state index in [0.717, 1.165) is 5.69 Å². The van der Waals surface area contributed by atoms with Crippen molar-refractivity contribution in [3.8, 4) is 11.4 Å². The number of rotatable bonds is 5. The van der Waals surface area contributed by atoms with Crippen molar-refractivity contribution in [1.29, 1.82) is 0 Å². The van der Waals surface area contributed by atoms with Gasteiger partial charge in [-0.2, -0.15) is 5.10 Å². The monoisotopic (exact) mass is 351 g/mol. The van der Waals surface area contributed by atoms with Crippen LogP contribution in [0.2, 0.25) is 0 Å². The van der Waals surface area contributed by atoms with Crippen LogP contribution in [0.4, 0.5) is 5.69 Å². The number of para-hydroxylation sites is 1. The number of hydrogen-bond acceptors (Lipinski definition) is 5. The summed E-state index contributed by atoms with van der Waals surface area (Å²) in [5.41, 5.74) is 2.25. The lowest BCUT2D eigenvalue weighted by Gasteiger charge is -2.07. The number of esters is 1. The first-order chi connectivity index (χ1) is 12.5. The number of carbonyl (C=O) groups is 2. The second-order valence-electron chi connectivity index (χ2n) is 5.56. The highest BCUT2D eigenvalue weighted by atomic mass is 16.5. The van der Waals surface area contributed by atoms with E-state index >= 15 is 0 Å². The van der Waals surface area contributed by atoms with E-state index < -0.39 is 18.5 Å². The van der Waals surface area contributed by atoms with Gasteiger partial charge >= 0.3 is 5.97 Å². The molecule has 7 nitrogen and oxygen atoms in total. The lowest BCUT2D eigenvalue weighted by atomic mass is 10.2. The molecule has 0 bridgehead atoms. The molecule has 26 heavy (non-hydrogen) atoms. The maximum absolute atomic E-state index is 12.2. The third kappa shape index (κ3) is 3.89. The molecule has 0 saturated heterocycles. The minimum Gasteiger partial charge on any atom is -0.508 e. The lowest BCUT2D eigenvalue weighted by molar-refractivity contribution is -0.119. The number of nitrogens with one attached hydrogen (secondary N) is 1. The van der Waals surface area contributed by atoms with Gasteiger partial charge in [-0.25, -0.2) is 9.48 Å². The highest BCUT2D eigenvalue weighted by molar-refractivity contribution is 5.95. The molecule has 132 valence electrons. The summed E-state index contributed by atoms with van der Waals surface area (Å²) < 4.78 is 6.69. The van der Waals surface area contributed by atoms with Gasteiger partial charge in [-0.3, -0.25) is 4.79 Å². The second-order valence-corrected chi connectivity index (χ2v) is 5.56. The number of phenolic OH excluding ortho intramolecular Hbond substituents is 1. The van der Waals surface area contributed by atoms with Crippen LogP contribution in [0, 0.1) is 6.92 Å². The van der Waals surface area contributed by atoms with Crippen LogP contribution in [-0.4, -0.2) is 33.4 Å². The van der Waals surface area contributed by atoms with Gasteiger partial charge in [-0.1, -0.05) is 18.2 Å². The number of carbonyl (C=O) groups excluding carboxylic acids is 2. The van der Waals surface area contributed by atoms with E-state index in [-0.39, 0.29) is 5.75 Å². The highest BCUT2D eigenvalue weighted by Gasteiger charge is 2.17. The molecule has 0 aliphatic rings. The fourth-order valence-corrected chi connectivity index (χ4v) is 2.39. The molecule has 1 amide bonds. The number of aromatic nitrogens is 2. The molecular formula is C19H17N3O4. The van der Waals surface area contributed by atoms with Gasteiger partial charge in [-0.05, 0) is 43.3 Å². The quantitative estimate of drug-likeness (QED) is 0.544. The maximum Gasteiger partial charge on any atom is 0.342 e. The number of aromatic hydroxyl groups is 1. The van der Waals surface area contributed by atoms with Gasteiger partial charge < -0.3 is 15.2 Å². The molecule has 3 rings (SSSR count). The Balaban J connectivity index is 1.61. The molecule has 0 aliphatic heterocycles. The van der Waals surface area contributed by atoms with Gasteiger partial charge in [-0.15, -0.1) is 0 Å². The molecule has 0 spiro atoms. The molecule has 7 heteroatoms. The third-order valence-electron chi connectivity index (χ3n) is 3.72. The van der Waals surface area contributed by atoms with Crippen LogP contribution < -0.4 is 5.32 Å². The highest BCUT2D eigenvalue weighted by Crippen LogP contribution is 2.15. The van der Waals surface area contributed by atoms with Crippen LogP contribution in [0.15, 0.2) is 60.8 Å². The molecule has 0 aliphatic carbocycles. The summed E-state index contributed by atoms with van der Waals surface area (Å²) >= 11 is 0. The average molecular weight is 351 g/mol. The van der Waals surface area contributed by atoms with E-state index in [1.807, 2.05) is 30.3 Å². The Hall–Kier alpha value is -3.61. The summed E-state index contributed by atoms with van der Waals surface area (Å²) in [5.74, 6) is -0.997. The molecule has 2 N–H and O–H groups in total. The van der Waals surface area contributed by atoms with Crippen molar-refractivity contribution in [2.75, 3.05) is 11.9 Å². The molecule has 1 aromatic heterocycles. The van der Waals surface area contributed by atoms with Gasteiger partial charge in [0.1, 0.15) is 11.3 Å². The fraction of sp³-hybridized carbons (Fsp3) is 0.105. The molecule has 3 aromatic rings. The molecule has 2 aromatic carbocycles. The SMILES string of the molecule is Cc1c(C(=O)OCC(=O)Nc2ccc(O)cc2)cnn1-c1ccccc1. The van der Waals surface area contributed by atoms with Gasteiger partial charge in [0.05, 0.1) is 17.6 Å². The van der Waals surface area contributed by atoms with E-state index in [2.05, 4.69) is 10.4 Å². The molecule has 0 fully saturated rings. The third-order valence-corrected chi connectivity index (χ3v) is 3.72. The molecular weight excluding hydrogens is 334 g/mol. The Morgan fingerprint density at radius 2 is 1.81 bits per heavy atom. The zero-order chi connectivity index (χ0) is 18.5. The zero-order valence-electron chi connectivity index (χ0n) is 14.0. The smallest absolute Gasteiger partial charge is 0.342 e. The minimum absolute atomic E-state index is 0.0975. The summed E-state index contributed by atoms with van der Waals surface area (Å²) in [5, 5.41) is 16.0. The van der Waals surface area contributed by atoms with Crippen LogP contribution >= 0.6 is 0 Å². The number of benzene rings is 2. The lowest BCUT2D eigenvalue weighted by Crippen LogP contribution is -2.21. The second kappa shape index (κ2) is 7.52. The van der Waals surface area contributed by atoms with Crippen LogP contribution in [-0.2, 0) is 9.53 Å². The Morgan fingerprint density at radius 3 is 2.50 bits per heavy atom. The van der Waals surface area contributed by atoms with Crippen molar-refractivity contribution in [2.24, 2.45) is 0 Å². The first kappa shape index (κ1) is 17.2. The maximum atomic E-state index is 12.2. The molecule has 0 unspecified atom stereocenters. The predicted octanol–water partition coefficient (Wildman–Crippen LogP) is 2.68. The fourth-order valence-electron chi connectivity index (χ4n) is 2.39. The number of nitrogens with zero attached hydrogens (tertiary/aromatic N) is 2. The van der Waals surface area contributed by atoms with E-state index in [4.69, 9.17) is 4.74 Å². The van der Waals surface area contributed by atoms with Crippen molar-refractivity contribution in [3.63, 3.8) is 0 Å². The van der Waals surface area contributed by atoms with Crippen molar-refractivity contribution >= 4 is 17.6 Å². The minimum atomic E-state index is -0.620. The first-order valence-corrected chi connectivity index (χ1v) is 7.90. The Kier molecular flexibility index (Phi) is 4.98. The summed E-state index contributed by atoms with van der Waals surface area (Å²) in [6, 6.07) is 15.4. The van der Waals surface area contributed by atoms with Gasteiger partial charge in [0, 0.05) is 5.69 Å².